The molecule has 2 aromatic heterocycles. The van der Waals surface area contributed by atoms with E-state index in [-0.39, 0.29) is 12.5 Å². The van der Waals surface area contributed by atoms with Crippen LogP contribution in [0.3, 0.4) is 0 Å². The maximum atomic E-state index is 12.6. The molecule has 0 spiro atoms. The second-order valence-electron chi connectivity index (χ2n) is 4.92. The summed E-state index contributed by atoms with van der Waals surface area (Å²) >= 11 is 0. The molecule has 0 aliphatic carbocycles. The van der Waals surface area contributed by atoms with E-state index in [2.05, 4.69) is 4.98 Å². The summed E-state index contributed by atoms with van der Waals surface area (Å²) in [6.07, 6.45) is 1.74. The summed E-state index contributed by atoms with van der Waals surface area (Å²) in [6.45, 7) is 6.68. The number of aryl methyl sites for hydroxylation is 1. The number of carbonyl (C=O) groups excluding carboxylic acids is 1. The molecule has 5 nitrogen and oxygen atoms in total. The van der Waals surface area contributed by atoms with Crippen molar-refractivity contribution >= 4 is 5.91 Å². The minimum atomic E-state index is -0.0539. The molecule has 0 saturated carbocycles. The van der Waals surface area contributed by atoms with Gasteiger partial charge in [-0.05, 0) is 39.0 Å². The van der Waals surface area contributed by atoms with Gasteiger partial charge in [0.25, 0.3) is 5.91 Å². The van der Waals surface area contributed by atoms with Crippen molar-refractivity contribution in [2.45, 2.75) is 20.8 Å². The molecular formula is C16H21N3O2. The summed E-state index contributed by atoms with van der Waals surface area (Å²) < 4.78 is 1.97. The summed E-state index contributed by atoms with van der Waals surface area (Å²) in [5, 5.41) is 9.06. The maximum absolute atomic E-state index is 12.6. The molecule has 0 aliphatic heterocycles. The molecular weight excluding hydrogens is 266 g/mol. The van der Waals surface area contributed by atoms with Gasteiger partial charge < -0.3 is 14.6 Å². The van der Waals surface area contributed by atoms with Gasteiger partial charge in [-0.25, -0.2) is 4.98 Å². The average Bonchev–Trinajstić information content (AvgIpc) is 2.80. The summed E-state index contributed by atoms with van der Waals surface area (Å²) in [7, 11) is 0. The lowest BCUT2D eigenvalue weighted by molar-refractivity contribution is 0.0731. The summed E-state index contributed by atoms with van der Waals surface area (Å²) in [6, 6.07) is 7.59. The Hall–Kier alpha value is -2.14. The number of likely N-dealkylation sites (N-methyl/N-ethyl adjacent to an activating group) is 1. The van der Waals surface area contributed by atoms with E-state index in [1.807, 2.05) is 49.6 Å². The van der Waals surface area contributed by atoms with Gasteiger partial charge in [-0.2, -0.15) is 0 Å². The number of rotatable bonds is 5. The molecule has 2 rings (SSSR count). The van der Waals surface area contributed by atoms with Gasteiger partial charge in [0.05, 0.1) is 12.2 Å². The molecule has 5 heteroatoms. The number of hydrogen-bond donors (Lipinski definition) is 1. The van der Waals surface area contributed by atoms with Gasteiger partial charge in [-0.3, -0.25) is 4.79 Å². The maximum Gasteiger partial charge on any atom is 0.255 e. The molecule has 0 aromatic carbocycles. The predicted molar refractivity (Wildman–Crippen MR) is 81.7 cm³/mol. The first-order valence-corrected chi connectivity index (χ1v) is 7.10. The highest BCUT2D eigenvalue weighted by atomic mass is 16.3. The highest BCUT2D eigenvalue weighted by Gasteiger charge is 2.20. The number of carbonyl (C=O) groups is 1. The topological polar surface area (TPSA) is 58.4 Å². The number of hydrogen-bond acceptors (Lipinski definition) is 3. The van der Waals surface area contributed by atoms with Crippen LogP contribution in [0.5, 0.6) is 0 Å². The fourth-order valence-corrected chi connectivity index (χ4v) is 2.51. The van der Waals surface area contributed by atoms with Crippen molar-refractivity contribution < 1.29 is 9.90 Å². The van der Waals surface area contributed by atoms with Crippen molar-refractivity contribution in [2.75, 3.05) is 19.7 Å². The van der Waals surface area contributed by atoms with Crippen molar-refractivity contribution in [2.24, 2.45) is 0 Å². The molecule has 2 aromatic rings. The second-order valence-corrected chi connectivity index (χ2v) is 4.92. The molecule has 0 unspecified atom stereocenters. The minimum Gasteiger partial charge on any atom is -0.395 e. The number of aromatic nitrogens is 2. The van der Waals surface area contributed by atoms with E-state index in [0.717, 1.165) is 17.2 Å². The Morgan fingerprint density at radius 2 is 2.14 bits per heavy atom. The van der Waals surface area contributed by atoms with Crippen LogP contribution in [0, 0.1) is 13.8 Å². The van der Waals surface area contributed by atoms with Gasteiger partial charge in [0.1, 0.15) is 5.82 Å². The van der Waals surface area contributed by atoms with Crippen LogP contribution in [0.15, 0.2) is 30.5 Å². The average molecular weight is 287 g/mol. The van der Waals surface area contributed by atoms with Crippen LogP contribution < -0.4 is 0 Å². The number of amides is 1. The Balaban J connectivity index is 2.42. The fraction of sp³-hybridized carbons (Fsp3) is 0.375. The summed E-state index contributed by atoms with van der Waals surface area (Å²) in [5.74, 6) is 0.749. The SMILES string of the molecule is CCN(CCO)C(=O)c1cc(C)n(-c2ccccn2)c1C. The van der Waals surface area contributed by atoms with Gasteiger partial charge >= 0.3 is 0 Å². The third-order valence-corrected chi connectivity index (χ3v) is 3.58. The molecule has 0 atom stereocenters. The lowest BCUT2D eigenvalue weighted by Crippen LogP contribution is -2.33. The zero-order chi connectivity index (χ0) is 15.4. The van der Waals surface area contributed by atoms with Gasteiger partial charge in [-0.1, -0.05) is 6.07 Å². The number of pyridine rings is 1. The first-order valence-electron chi connectivity index (χ1n) is 7.10. The summed E-state index contributed by atoms with van der Waals surface area (Å²) in [4.78, 5) is 18.6. The predicted octanol–water partition coefficient (Wildman–Crippen LogP) is 1.94. The highest BCUT2D eigenvalue weighted by molar-refractivity contribution is 5.96. The van der Waals surface area contributed by atoms with E-state index in [1.165, 1.54) is 0 Å². The van der Waals surface area contributed by atoms with Crippen LogP contribution in [-0.4, -0.2) is 45.2 Å². The zero-order valence-electron chi connectivity index (χ0n) is 12.7. The number of aliphatic hydroxyl groups excluding tert-OH is 1. The van der Waals surface area contributed by atoms with Crippen LogP contribution in [-0.2, 0) is 0 Å². The standard InChI is InChI=1S/C16H21N3O2/c1-4-18(9-10-20)16(21)14-11-12(2)19(13(14)3)15-7-5-6-8-17-15/h5-8,11,20H,4,9-10H2,1-3H3. The van der Waals surface area contributed by atoms with E-state index in [0.29, 0.717) is 18.7 Å². The van der Waals surface area contributed by atoms with Crippen LogP contribution in [0.1, 0.15) is 28.7 Å². The molecule has 21 heavy (non-hydrogen) atoms. The van der Waals surface area contributed by atoms with E-state index < -0.39 is 0 Å². The normalized spacial score (nSPS) is 10.7. The van der Waals surface area contributed by atoms with Crippen molar-refractivity contribution in [3.63, 3.8) is 0 Å². The van der Waals surface area contributed by atoms with Crippen molar-refractivity contribution in [3.05, 3.63) is 47.4 Å². The Labute approximate surface area is 124 Å². The number of aliphatic hydroxyl groups is 1. The molecule has 0 fully saturated rings. The largest absolute Gasteiger partial charge is 0.395 e. The lowest BCUT2D eigenvalue weighted by Gasteiger charge is -2.19. The highest BCUT2D eigenvalue weighted by Crippen LogP contribution is 2.20. The van der Waals surface area contributed by atoms with Crippen LogP contribution >= 0.6 is 0 Å². The van der Waals surface area contributed by atoms with Gasteiger partial charge in [0.2, 0.25) is 0 Å². The molecule has 0 radical (unpaired) electrons. The molecule has 2 heterocycles. The second kappa shape index (κ2) is 6.54. The zero-order valence-corrected chi connectivity index (χ0v) is 12.7. The van der Waals surface area contributed by atoms with Crippen molar-refractivity contribution in [3.8, 4) is 5.82 Å². The summed E-state index contributed by atoms with van der Waals surface area (Å²) in [5.41, 5.74) is 2.50. The smallest absolute Gasteiger partial charge is 0.255 e. The Kier molecular flexibility index (Phi) is 4.75. The van der Waals surface area contributed by atoms with E-state index in [1.54, 1.807) is 11.1 Å². The molecule has 0 bridgehead atoms. The molecule has 0 aliphatic rings. The molecule has 112 valence electrons. The van der Waals surface area contributed by atoms with Crippen LogP contribution in [0.2, 0.25) is 0 Å². The van der Waals surface area contributed by atoms with Gasteiger partial charge in [0.15, 0.2) is 0 Å². The lowest BCUT2D eigenvalue weighted by atomic mass is 10.2. The van der Waals surface area contributed by atoms with Crippen molar-refractivity contribution in [1.82, 2.24) is 14.5 Å². The third kappa shape index (κ3) is 2.97. The van der Waals surface area contributed by atoms with Crippen LogP contribution in [0.4, 0.5) is 0 Å². The molecule has 1 N–H and O–H groups in total. The number of nitrogens with zero attached hydrogens (tertiary/aromatic N) is 3. The fourth-order valence-electron chi connectivity index (χ4n) is 2.51. The monoisotopic (exact) mass is 287 g/mol. The molecule has 0 saturated heterocycles. The van der Waals surface area contributed by atoms with Crippen LogP contribution in [0.25, 0.3) is 5.82 Å². The third-order valence-electron chi connectivity index (χ3n) is 3.58. The Morgan fingerprint density at radius 3 is 2.71 bits per heavy atom. The Bertz CT molecular complexity index is 620. The van der Waals surface area contributed by atoms with E-state index in [4.69, 9.17) is 5.11 Å². The van der Waals surface area contributed by atoms with E-state index in [9.17, 15) is 4.79 Å². The first-order chi connectivity index (χ1) is 10.1. The van der Waals surface area contributed by atoms with Gasteiger partial charge in [-0.15, -0.1) is 0 Å². The van der Waals surface area contributed by atoms with Crippen molar-refractivity contribution in [1.29, 1.82) is 0 Å². The quantitative estimate of drug-likeness (QED) is 0.914. The first kappa shape index (κ1) is 15.3. The van der Waals surface area contributed by atoms with E-state index >= 15 is 0 Å². The van der Waals surface area contributed by atoms with Gasteiger partial charge in [0, 0.05) is 30.7 Å². The minimum absolute atomic E-state index is 0.0292. The molecule has 1 amide bonds. The Morgan fingerprint density at radius 1 is 1.38 bits per heavy atom.